The summed E-state index contributed by atoms with van der Waals surface area (Å²) < 4.78 is 13.1. The lowest BCUT2D eigenvalue weighted by Crippen LogP contribution is -2.15. The first-order valence-corrected chi connectivity index (χ1v) is 6.64. The molecule has 2 nitrogen and oxygen atoms in total. The van der Waals surface area contributed by atoms with Gasteiger partial charge >= 0.3 is 0 Å². The minimum Gasteiger partial charge on any atom is -0.324 e. The third kappa shape index (κ3) is 3.58. The number of halogens is 2. The van der Waals surface area contributed by atoms with Crippen molar-refractivity contribution in [2.45, 2.75) is 20.3 Å². The van der Waals surface area contributed by atoms with Gasteiger partial charge in [0.25, 0.3) is 0 Å². The highest BCUT2D eigenvalue weighted by Crippen LogP contribution is 2.27. The molecule has 0 saturated carbocycles. The lowest BCUT2D eigenvalue weighted by Gasteiger charge is -2.11. The molecule has 2 aromatic rings. The van der Waals surface area contributed by atoms with Crippen LogP contribution in [0.15, 0.2) is 36.4 Å². The number of hydrogen-bond donors (Lipinski definition) is 1. The van der Waals surface area contributed by atoms with Crippen LogP contribution in [0, 0.1) is 19.7 Å². The molecule has 20 heavy (non-hydrogen) atoms. The zero-order valence-corrected chi connectivity index (χ0v) is 12.1. The van der Waals surface area contributed by atoms with E-state index in [9.17, 15) is 9.18 Å². The second-order valence-corrected chi connectivity index (χ2v) is 5.20. The van der Waals surface area contributed by atoms with Gasteiger partial charge < -0.3 is 5.32 Å². The van der Waals surface area contributed by atoms with Crippen LogP contribution in [0.1, 0.15) is 16.7 Å². The van der Waals surface area contributed by atoms with Crippen molar-refractivity contribution in [3.05, 3.63) is 63.9 Å². The van der Waals surface area contributed by atoms with E-state index >= 15 is 0 Å². The van der Waals surface area contributed by atoms with Crippen LogP contribution in [0.2, 0.25) is 5.02 Å². The van der Waals surface area contributed by atoms with Crippen molar-refractivity contribution in [1.82, 2.24) is 0 Å². The lowest BCUT2D eigenvalue weighted by atomic mass is 10.1. The molecular formula is C16H15ClFNO. The fraction of sp³-hybridized carbons (Fsp3) is 0.188. The number of hydrogen-bond acceptors (Lipinski definition) is 1. The Hall–Kier alpha value is -1.87. The summed E-state index contributed by atoms with van der Waals surface area (Å²) in [6, 6.07) is 9.75. The molecule has 0 aliphatic heterocycles. The standard InChI is InChI=1S/C16H15ClFNO/c1-10-6-11(2)16(14(17)7-10)19-15(20)9-12-4-3-5-13(18)8-12/h3-8H,9H2,1-2H3,(H,19,20). The lowest BCUT2D eigenvalue weighted by molar-refractivity contribution is -0.115. The van der Waals surface area contributed by atoms with Crippen LogP contribution in [-0.4, -0.2) is 5.91 Å². The van der Waals surface area contributed by atoms with E-state index in [4.69, 9.17) is 11.6 Å². The van der Waals surface area contributed by atoms with E-state index in [-0.39, 0.29) is 18.1 Å². The highest BCUT2D eigenvalue weighted by molar-refractivity contribution is 6.34. The molecule has 0 bridgehead atoms. The first-order chi connectivity index (χ1) is 9.45. The summed E-state index contributed by atoms with van der Waals surface area (Å²) in [5.74, 6) is -0.565. The van der Waals surface area contributed by atoms with E-state index in [0.717, 1.165) is 11.1 Å². The highest BCUT2D eigenvalue weighted by Gasteiger charge is 2.10. The van der Waals surface area contributed by atoms with Crippen LogP contribution >= 0.6 is 11.6 Å². The van der Waals surface area contributed by atoms with Crippen LogP contribution in [0.4, 0.5) is 10.1 Å². The van der Waals surface area contributed by atoms with Crippen molar-refractivity contribution >= 4 is 23.2 Å². The van der Waals surface area contributed by atoms with E-state index < -0.39 is 0 Å². The Bertz CT molecular complexity index is 632. The molecular weight excluding hydrogens is 277 g/mol. The molecule has 0 saturated heterocycles. The molecule has 2 rings (SSSR count). The zero-order chi connectivity index (χ0) is 14.7. The van der Waals surface area contributed by atoms with Crippen LogP contribution < -0.4 is 5.32 Å². The number of aryl methyl sites for hydroxylation is 2. The van der Waals surface area contributed by atoms with Gasteiger partial charge in [-0.3, -0.25) is 4.79 Å². The Morgan fingerprint density at radius 1 is 1.25 bits per heavy atom. The van der Waals surface area contributed by atoms with Gasteiger partial charge in [-0.1, -0.05) is 29.8 Å². The Labute approximate surface area is 122 Å². The second-order valence-electron chi connectivity index (χ2n) is 4.79. The molecule has 0 radical (unpaired) electrons. The maximum Gasteiger partial charge on any atom is 0.228 e. The van der Waals surface area contributed by atoms with Gasteiger partial charge in [0.15, 0.2) is 0 Å². The van der Waals surface area contributed by atoms with Crippen molar-refractivity contribution in [1.29, 1.82) is 0 Å². The molecule has 0 heterocycles. The Morgan fingerprint density at radius 2 is 2.00 bits per heavy atom. The van der Waals surface area contributed by atoms with Crippen molar-refractivity contribution in [2.75, 3.05) is 5.32 Å². The van der Waals surface area contributed by atoms with Crippen LogP contribution in [0.5, 0.6) is 0 Å². The van der Waals surface area contributed by atoms with Crippen LogP contribution in [0.3, 0.4) is 0 Å². The number of carbonyl (C=O) groups is 1. The smallest absolute Gasteiger partial charge is 0.228 e. The van der Waals surface area contributed by atoms with E-state index in [1.54, 1.807) is 18.2 Å². The first kappa shape index (κ1) is 14.5. The van der Waals surface area contributed by atoms with E-state index in [1.165, 1.54) is 12.1 Å². The molecule has 104 valence electrons. The number of rotatable bonds is 3. The van der Waals surface area contributed by atoms with Crippen LogP contribution in [-0.2, 0) is 11.2 Å². The summed E-state index contributed by atoms with van der Waals surface area (Å²) in [5, 5.41) is 3.29. The maximum absolute atomic E-state index is 13.1. The number of carbonyl (C=O) groups excluding carboxylic acids is 1. The summed E-state index contributed by atoms with van der Waals surface area (Å²) in [7, 11) is 0. The van der Waals surface area contributed by atoms with Crippen molar-refractivity contribution in [3.8, 4) is 0 Å². The normalized spacial score (nSPS) is 10.4. The number of benzene rings is 2. The third-order valence-electron chi connectivity index (χ3n) is 2.95. The summed E-state index contributed by atoms with van der Waals surface area (Å²) in [6.07, 6.45) is 0.113. The van der Waals surface area contributed by atoms with Gasteiger partial charge in [0.1, 0.15) is 5.82 Å². The zero-order valence-electron chi connectivity index (χ0n) is 11.3. The summed E-state index contributed by atoms with van der Waals surface area (Å²) in [5.41, 5.74) is 3.18. The SMILES string of the molecule is Cc1cc(C)c(NC(=O)Cc2cccc(F)c2)c(Cl)c1. The predicted molar refractivity (Wildman–Crippen MR) is 79.7 cm³/mol. The largest absolute Gasteiger partial charge is 0.324 e. The number of amides is 1. The molecule has 0 spiro atoms. The molecule has 0 aliphatic carbocycles. The van der Waals surface area contributed by atoms with Crippen molar-refractivity contribution in [3.63, 3.8) is 0 Å². The summed E-state index contributed by atoms with van der Waals surface area (Å²) in [6.45, 7) is 3.83. The van der Waals surface area contributed by atoms with Gasteiger partial charge in [-0.05, 0) is 48.7 Å². The van der Waals surface area contributed by atoms with E-state index in [0.29, 0.717) is 16.3 Å². The molecule has 0 aromatic heterocycles. The van der Waals surface area contributed by atoms with Crippen LogP contribution in [0.25, 0.3) is 0 Å². The summed E-state index contributed by atoms with van der Waals surface area (Å²) in [4.78, 5) is 12.0. The maximum atomic E-state index is 13.1. The first-order valence-electron chi connectivity index (χ1n) is 6.27. The quantitative estimate of drug-likeness (QED) is 0.898. The topological polar surface area (TPSA) is 29.1 Å². The Morgan fingerprint density at radius 3 is 2.65 bits per heavy atom. The molecule has 1 amide bonds. The van der Waals surface area contributed by atoms with Gasteiger partial charge in [0.05, 0.1) is 17.1 Å². The predicted octanol–water partition coefficient (Wildman–Crippen LogP) is 4.28. The minimum absolute atomic E-state index is 0.113. The minimum atomic E-state index is -0.347. The van der Waals surface area contributed by atoms with Gasteiger partial charge in [-0.25, -0.2) is 4.39 Å². The van der Waals surface area contributed by atoms with E-state index in [2.05, 4.69) is 5.32 Å². The molecule has 0 fully saturated rings. The fourth-order valence-corrected chi connectivity index (χ4v) is 2.46. The van der Waals surface area contributed by atoms with Gasteiger partial charge in [-0.15, -0.1) is 0 Å². The van der Waals surface area contributed by atoms with Gasteiger partial charge in [0, 0.05) is 0 Å². The fourth-order valence-electron chi connectivity index (χ4n) is 2.09. The molecule has 0 aliphatic rings. The molecule has 2 aromatic carbocycles. The van der Waals surface area contributed by atoms with Crippen molar-refractivity contribution in [2.24, 2.45) is 0 Å². The number of nitrogens with one attached hydrogen (secondary N) is 1. The van der Waals surface area contributed by atoms with Crippen molar-refractivity contribution < 1.29 is 9.18 Å². The molecule has 4 heteroatoms. The Kier molecular flexibility index (Phi) is 4.40. The molecule has 0 atom stereocenters. The van der Waals surface area contributed by atoms with Gasteiger partial charge in [-0.2, -0.15) is 0 Å². The van der Waals surface area contributed by atoms with Gasteiger partial charge in [0.2, 0.25) is 5.91 Å². The number of anilines is 1. The second kappa shape index (κ2) is 6.06. The Balaban J connectivity index is 2.13. The average molecular weight is 292 g/mol. The molecule has 0 unspecified atom stereocenters. The monoisotopic (exact) mass is 291 g/mol. The average Bonchev–Trinajstić information content (AvgIpc) is 2.33. The van der Waals surface area contributed by atoms with E-state index in [1.807, 2.05) is 19.9 Å². The third-order valence-corrected chi connectivity index (χ3v) is 3.25. The molecule has 1 N–H and O–H groups in total. The summed E-state index contributed by atoms with van der Waals surface area (Å²) >= 11 is 6.13. The highest BCUT2D eigenvalue weighted by atomic mass is 35.5.